The van der Waals surface area contributed by atoms with Crippen molar-refractivity contribution in [1.29, 1.82) is 0 Å². The second-order valence-corrected chi connectivity index (χ2v) is 1.82. The number of nitrogens with one attached hydrogen (secondary N) is 1. The van der Waals surface area contributed by atoms with Crippen LogP contribution in [0.2, 0.25) is 0 Å². The van der Waals surface area contributed by atoms with Crippen LogP contribution in [0.1, 0.15) is 6.92 Å². The second kappa shape index (κ2) is 4.09. The largest absolute Gasteiger partial charge is 0.351 e. The molecule has 0 aromatic heterocycles. The summed E-state index contributed by atoms with van der Waals surface area (Å²) in [7, 11) is 0. The molecule has 0 aliphatic heterocycles. The van der Waals surface area contributed by atoms with E-state index in [1.807, 2.05) is 0 Å². The minimum Gasteiger partial charge on any atom is -0.351 e. The summed E-state index contributed by atoms with van der Waals surface area (Å²) in [5.74, 6) is -0.144. The van der Waals surface area contributed by atoms with Crippen LogP contribution in [0.3, 0.4) is 0 Å². The first-order valence-corrected chi connectivity index (χ1v) is 2.82. The van der Waals surface area contributed by atoms with Crippen LogP contribution >= 0.6 is 0 Å². The van der Waals surface area contributed by atoms with Crippen molar-refractivity contribution in [2.24, 2.45) is 5.73 Å². The Hall–Kier alpha value is -0.830. The van der Waals surface area contributed by atoms with Crippen molar-refractivity contribution < 1.29 is 4.79 Å². The molecule has 0 fully saturated rings. The van der Waals surface area contributed by atoms with Gasteiger partial charge in [-0.1, -0.05) is 6.08 Å². The molecule has 3 heteroatoms. The molecular weight excluding hydrogens is 116 g/mol. The van der Waals surface area contributed by atoms with Crippen molar-refractivity contribution in [2.45, 2.75) is 13.0 Å². The van der Waals surface area contributed by atoms with Gasteiger partial charge in [0.2, 0.25) is 5.91 Å². The van der Waals surface area contributed by atoms with Crippen molar-refractivity contribution in [1.82, 2.24) is 5.32 Å². The van der Waals surface area contributed by atoms with Crippen molar-refractivity contribution in [3.05, 3.63) is 12.7 Å². The number of carbonyl (C=O) groups is 1. The summed E-state index contributed by atoms with van der Waals surface area (Å²) in [5, 5.41) is 2.55. The average molecular weight is 128 g/mol. The highest BCUT2D eigenvalue weighted by atomic mass is 16.2. The lowest BCUT2D eigenvalue weighted by Crippen LogP contribution is -2.38. The molecule has 1 unspecified atom stereocenters. The van der Waals surface area contributed by atoms with Gasteiger partial charge in [-0.3, -0.25) is 4.79 Å². The van der Waals surface area contributed by atoms with Gasteiger partial charge < -0.3 is 11.1 Å². The number of hydrogen-bond donors (Lipinski definition) is 2. The zero-order valence-electron chi connectivity index (χ0n) is 5.55. The molecule has 0 bridgehead atoms. The summed E-state index contributed by atoms with van der Waals surface area (Å²) in [6.45, 7) is 5.56. The molecule has 0 aliphatic carbocycles. The molecule has 1 amide bonds. The fraction of sp³-hybridized carbons (Fsp3) is 0.500. The van der Waals surface area contributed by atoms with Gasteiger partial charge in [0.15, 0.2) is 0 Å². The quantitative estimate of drug-likeness (QED) is 0.510. The summed E-state index contributed by atoms with van der Waals surface area (Å²) in [4.78, 5) is 10.6. The molecule has 52 valence electrons. The number of hydrogen-bond acceptors (Lipinski definition) is 2. The molecule has 0 aliphatic rings. The van der Waals surface area contributed by atoms with Gasteiger partial charge in [-0.05, 0) is 6.92 Å². The third kappa shape index (κ3) is 3.73. The van der Waals surface area contributed by atoms with Crippen molar-refractivity contribution in [2.75, 3.05) is 6.54 Å². The van der Waals surface area contributed by atoms with Crippen LogP contribution in [-0.4, -0.2) is 18.5 Å². The van der Waals surface area contributed by atoms with Gasteiger partial charge in [0.1, 0.15) is 0 Å². The molecule has 0 heterocycles. The van der Waals surface area contributed by atoms with Crippen LogP contribution in [-0.2, 0) is 4.79 Å². The predicted octanol–water partition coefficient (Wildman–Crippen LogP) is -0.364. The highest BCUT2D eigenvalue weighted by molar-refractivity contribution is 5.81. The third-order valence-corrected chi connectivity index (χ3v) is 0.834. The van der Waals surface area contributed by atoms with Gasteiger partial charge in [0, 0.05) is 6.54 Å². The Labute approximate surface area is 54.9 Å². The molecule has 0 aromatic carbocycles. The Bertz CT molecular complexity index is 110. The highest BCUT2D eigenvalue weighted by Crippen LogP contribution is 1.72. The summed E-state index contributed by atoms with van der Waals surface area (Å²) in [5.41, 5.74) is 5.23. The van der Waals surface area contributed by atoms with E-state index in [-0.39, 0.29) is 5.91 Å². The van der Waals surface area contributed by atoms with Gasteiger partial charge in [0.25, 0.3) is 0 Å². The Morgan fingerprint density at radius 2 is 2.56 bits per heavy atom. The Morgan fingerprint density at radius 3 is 2.89 bits per heavy atom. The minimum absolute atomic E-state index is 0.144. The lowest BCUT2D eigenvalue weighted by atomic mass is 10.3. The van der Waals surface area contributed by atoms with E-state index in [0.29, 0.717) is 6.54 Å². The maximum Gasteiger partial charge on any atom is 0.236 e. The predicted molar refractivity (Wildman–Crippen MR) is 36.9 cm³/mol. The second-order valence-electron chi connectivity index (χ2n) is 1.82. The van der Waals surface area contributed by atoms with E-state index in [9.17, 15) is 4.79 Å². The summed E-state index contributed by atoms with van der Waals surface area (Å²) < 4.78 is 0. The maximum absolute atomic E-state index is 10.6. The average Bonchev–Trinajstić information content (AvgIpc) is 1.82. The van der Waals surface area contributed by atoms with Crippen LogP contribution < -0.4 is 11.1 Å². The van der Waals surface area contributed by atoms with E-state index in [4.69, 9.17) is 5.73 Å². The molecule has 0 saturated heterocycles. The number of amides is 1. The van der Waals surface area contributed by atoms with Gasteiger partial charge >= 0.3 is 0 Å². The molecule has 0 rings (SSSR count). The lowest BCUT2D eigenvalue weighted by Gasteiger charge is -2.03. The number of rotatable bonds is 3. The van der Waals surface area contributed by atoms with Crippen LogP contribution in [0.25, 0.3) is 0 Å². The standard InChI is InChI=1S/C6H12N2O/c1-3-4-8-6(9)5(2)7/h3,5H,1,4,7H2,2H3,(H,8,9). The van der Waals surface area contributed by atoms with E-state index in [1.54, 1.807) is 13.0 Å². The first-order chi connectivity index (χ1) is 4.18. The molecular formula is C6H12N2O. The zero-order chi connectivity index (χ0) is 7.28. The van der Waals surface area contributed by atoms with Gasteiger partial charge in [-0.15, -0.1) is 6.58 Å². The third-order valence-electron chi connectivity index (χ3n) is 0.834. The fourth-order valence-corrected chi connectivity index (χ4v) is 0.334. The molecule has 0 spiro atoms. The van der Waals surface area contributed by atoms with Gasteiger partial charge in [-0.2, -0.15) is 0 Å². The Morgan fingerprint density at radius 1 is 2.00 bits per heavy atom. The topological polar surface area (TPSA) is 55.1 Å². The number of carbonyl (C=O) groups excluding carboxylic acids is 1. The molecule has 0 radical (unpaired) electrons. The highest BCUT2D eigenvalue weighted by Gasteiger charge is 2.02. The molecule has 9 heavy (non-hydrogen) atoms. The molecule has 3 nitrogen and oxygen atoms in total. The van der Waals surface area contributed by atoms with Crippen LogP contribution in [0.4, 0.5) is 0 Å². The molecule has 0 aromatic rings. The zero-order valence-corrected chi connectivity index (χ0v) is 5.55. The summed E-state index contributed by atoms with van der Waals surface area (Å²) in [6, 6.07) is -0.426. The van der Waals surface area contributed by atoms with E-state index in [2.05, 4.69) is 11.9 Å². The van der Waals surface area contributed by atoms with E-state index in [1.165, 1.54) is 0 Å². The normalized spacial score (nSPS) is 12.2. The first kappa shape index (κ1) is 8.17. The molecule has 0 saturated carbocycles. The van der Waals surface area contributed by atoms with Crippen molar-refractivity contribution in [3.8, 4) is 0 Å². The van der Waals surface area contributed by atoms with Gasteiger partial charge in [-0.25, -0.2) is 0 Å². The minimum atomic E-state index is -0.426. The first-order valence-electron chi connectivity index (χ1n) is 2.82. The van der Waals surface area contributed by atoms with E-state index in [0.717, 1.165) is 0 Å². The van der Waals surface area contributed by atoms with Crippen molar-refractivity contribution >= 4 is 5.91 Å². The molecule has 3 N–H and O–H groups in total. The van der Waals surface area contributed by atoms with Crippen molar-refractivity contribution in [3.63, 3.8) is 0 Å². The summed E-state index contributed by atoms with van der Waals surface area (Å²) >= 11 is 0. The smallest absolute Gasteiger partial charge is 0.236 e. The Kier molecular flexibility index (Phi) is 3.71. The SMILES string of the molecule is C=CCNC(=O)C(C)N. The molecule has 1 atom stereocenters. The lowest BCUT2D eigenvalue weighted by molar-refractivity contribution is -0.121. The van der Waals surface area contributed by atoms with E-state index >= 15 is 0 Å². The van der Waals surface area contributed by atoms with E-state index < -0.39 is 6.04 Å². The summed E-state index contributed by atoms with van der Waals surface area (Å²) in [6.07, 6.45) is 1.61. The maximum atomic E-state index is 10.6. The van der Waals surface area contributed by atoms with Crippen LogP contribution in [0, 0.1) is 0 Å². The Balaban J connectivity index is 3.38. The fourth-order valence-electron chi connectivity index (χ4n) is 0.334. The monoisotopic (exact) mass is 128 g/mol. The van der Waals surface area contributed by atoms with Gasteiger partial charge in [0.05, 0.1) is 6.04 Å². The van der Waals surface area contributed by atoms with Crippen LogP contribution in [0.5, 0.6) is 0 Å². The van der Waals surface area contributed by atoms with Crippen LogP contribution in [0.15, 0.2) is 12.7 Å². The number of nitrogens with two attached hydrogens (primary N) is 1.